The van der Waals surface area contributed by atoms with Gasteiger partial charge in [0.15, 0.2) is 0 Å². The molecule has 0 aliphatic rings. The third kappa shape index (κ3) is 4.28. The maximum absolute atomic E-state index is 12.4. The van der Waals surface area contributed by atoms with Gasteiger partial charge in [-0.3, -0.25) is 4.79 Å². The van der Waals surface area contributed by atoms with Gasteiger partial charge in [-0.15, -0.1) is 0 Å². The molecule has 5 nitrogen and oxygen atoms in total. The van der Waals surface area contributed by atoms with Crippen molar-refractivity contribution < 1.29 is 4.79 Å². The maximum atomic E-state index is 12.4. The van der Waals surface area contributed by atoms with Gasteiger partial charge >= 0.3 is 0 Å². The topological polar surface area (TPSA) is 66.9 Å². The number of aromatic nitrogens is 2. The molecule has 0 radical (unpaired) electrons. The van der Waals surface area contributed by atoms with E-state index in [1.54, 1.807) is 13.0 Å². The van der Waals surface area contributed by atoms with Crippen LogP contribution in [-0.4, -0.2) is 22.4 Å². The van der Waals surface area contributed by atoms with Crippen molar-refractivity contribution in [2.24, 2.45) is 0 Å². The molecule has 22 heavy (non-hydrogen) atoms. The number of anilines is 2. The summed E-state index contributed by atoms with van der Waals surface area (Å²) in [5, 5.41) is 6.12. The first-order valence-electron chi connectivity index (χ1n) is 7.56. The van der Waals surface area contributed by atoms with Gasteiger partial charge in [-0.1, -0.05) is 31.5 Å². The van der Waals surface area contributed by atoms with Crippen molar-refractivity contribution in [3.8, 4) is 0 Å². The lowest BCUT2D eigenvalue weighted by Crippen LogP contribution is -2.16. The van der Waals surface area contributed by atoms with Gasteiger partial charge in [0.25, 0.3) is 5.91 Å². The second kappa shape index (κ2) is 7.54. The summed E-state index contributed by atoms with van der Waals surface area (Å²) in [5.41, 5.74) is 2.18. The highest BCUT2D eigenvalue weighted by atomic mass is 16.1. The van der Waals surface area contributed by atoms with Crippen molar-refractivity contribution in [1.29, 1.82) is 0 Å². The average molecular weight is 298 g/mol. The van der Waals surface area contributed by atoms with Crippen molar-refractivity contribution in [2.75, 3.05) is 17.2 Å². The van der Waals surface area contributed by atoms with E-state index in [1.807, 2.05) is 31.2 Å². The zero-order valence-electron chi connectivity index (χ0n) is 13.3. The molecule has 1 aromatic carbocycles. The van der Waals surface area contributed by atoms with Crippen LogP contribution in [0.1, 0.15) is 41.6 Å². The minimum atomic E-state index is -0.224. The number of rotatable bonds is 6. The Bertz CT molecular complexity index is 655. The number of carbonyl (C=O) groups excluding carboxylic acids is 1. The van der Waals surface area contributed by atoms with E-state index in [-0.39, 0.29) is 5.91 Å². The molecule has 1 heterocycles. The normalized spacial score (nSPS) is 10.3. The molecule has 2 aromatic rings. The number of hydrogen-bond acceptors (Lipinski definition) is 4. The van der Waals surface area contributed by atoms with Crippen molar-refractivity contribution in [2.45, 2.75) is 33.6 Å². The van der Waals surface area contributed by atoms with Crippen molar-refractivity contribution >= 4 is 17.4 Å². The summed E-state index contributed by atoms with van der Waals surface area (Å²) in [5.74, 6) is 1.05. The van der Waals surface area contributed by atoms with Crippen molar-refractivity contribution in [3.63, 3.8) is 0 Å². The number of carbonyl (C=O) groups is 1. The van der Waals surface area contributed by atoms with Gasteiger partial charge in [-0.2, -0.15) is 0 Å². The third-order valence-corrected chi connectivity index (χ3v) is 3.30. The molecule has 0 saturated heterocycles. The molecule has 2 rings (SSSR count). The maximum Gasteiger partial charge on any atom is 0.274 e. The fourth-order valence-electron chi connectivity index (χ4n) is 2.07. The molecule has 2 N–H and O–H groups in total. The fraction of sp³-hybridized carbons (Fsp3) is 0.353. The average Bonchev–Trinajstić information content (AvgIpc) is 2.49. The highest BCUT2D eigenvalue weighted by molar-refractivity contribution is 6.03. The Morgan fingerprint density at radius 3 is 2.68 bits per heavy atom. The fourth-order valence-corrected chi connectivity index (χ4v) is 2.07. The molecule has 116 valence electrons. The lowest BCUT2D eigenvalue weighted by molar-refractivity contribution is 0.102. The Balaban J connectivity index is 2.13. The predicted octanol–water partition coefficient (Wildman–Crippen LogP) is 3.56. The number of para-hydroxylation sites is 1. The summed E-state index contributed by atoms with van der Waals surface area (Å²) in [6.45, 7) is 6.72. The van der Waals surface area contributed by atoms with Crippen LogP contribution in [0.5, 0.6) is 0 Å². The van der Waals surface area contributed by atoms with Crippen LogP contribution in [0.15, 0.2) is 30.3 Å². The van der Waals surface area contributed by atoms with Gasteiger partial charge < -0.3 is 10.6 Å². The van der Waals surface area contributed by atoms with E-state index in [9.17, 15) is 4.79 Å². The largest absolute Gasteiger partial charge is 0.370 e. The van der Waals surface area contributed by atoms with Gasteiger partial charge in [-0.05, 0) is 31.9 Å². The number of aryl methyl sites for hydroxylation is 2. The number of benzene rings is 1. The molecular weight excluding hydrogens is 276 g/mol. The smallest absolute Gasteiger partial charge is 0.274 e. The Morgan fingerprint density at radius 1 is 1.18 bits per heavy atom. The second-order valence-electron chi connectivity index (χ2n) is 5.24. The Morgan fingerprint density at radius 2 is 1.95 bits per heavy atom. The zero-order valence-corrected chi connectivity index (χ0v) is 13.3. The first-order valence-corrected chi connectivity index (χ1v) is 7.56. The zero-order chi connectivity index (χ0) is 15.9. The lowest BCUT2D eigenvalue weighted by Gasteiger charge is -2.10. The molecule has 0 bridgehead atoms. The summed E-state index contributed by atoms with van der Waals surface area (Å²) in [4.78, 5) is 20.9. The van der Waals surface area contributed by atoms with Gasteiger partial charge in [-0.25, -0.2) is 9.97 Å². The summed E-state index contributed by atoms with van der Waals surface area (Å²) >= 11 is 0. The summed E-state index contributed by atoms with van der Waals surface area (Å²) in [7, 11) is 0. The van der Waals surface area contributed by atoms with E-state index in [2.05, 4.69) is 27.5 Å². The quantitative estimate of drug-likeness (QED) is 0.800. The molecule has 0 saturated carbocycles. The van der Waals surface area contributed by atoms with Gasteiger partial charge in [0, 0.05) is 18.3 Å². The van der Waals surface area contributed by atoms with E-state index >= 15 is 0 Å². The Hall–Kier alpha value is -2.43. The molecule has 0 unspecified atom stereocenters. The van der Waals surface area contributed by atoms with E-state index in [4.69, 9.17) is 0 Å². The number of nitrogens with one attached hydrogen (secondary N) is 2. The van der Waals surface area contributed by atoms with Crippen LogP contribution < -0.4 is 10.6 Å². The summed E-state index contributed by atoms with van der Waals surface area (Å²) in [6.07, 6.45) is 2.17. The molecule has 0 atom stereocenters. The van der Waals surface area contributed by atoms with Crippen LogP contribution in [0, 0.1) is 13.8 Å². The van der Waals surface area contributed by atoms with Gasteiger partial charge in [0.2, 0.25) is 0 Å². The molecule has 0 spiro atoms. The molecule has 5 heteroatoms. The van der Waals surface area contributed by atoms with Crippen LogP contribution in [0.4, 0.5) is 11.5 Å². The van der Waals surface area contributed by atoms with E-state index in [0.29, 0.717) is 17.3 Å². The molecule has 1 amide bonds. The standard InChI is InChI=1S/C17H22N4O/c1-4-5-10-18-16-11-15(19-13(3)20-16)17(22)21-14-9-7-6-8-12(14)2/h6-9,11H,4-5,10H2,1-3H3,(H,21,22)(H,18,19,20). The highest BCUT2D eigenvalue weighted by Crippen LogP contribution is 2.15. The van der Waals surface area contributed by atoms with E-state index in [0.717, 1.165) is 30.6 Å². The minimum Gasteiger partial charge on any atom is -0.370 e. The van der Waals surface area contributed by atoms with Gasteiger partial charge in [0.1, 0.15) is 17.3 Å². The Kier molecular flexibility index (Phi) is 5.47. The number of unbranched alkanes of at least 4 members (excludes halogenated alkanes) is 1. The van der Waals surface area contributed by atoms with Crippen LogP contribution in [0.3, 0.4) is 0 Å². The molecule has 0 aliphatic heterocycles. The monoisotopic (exact) mass is 298 g/mol. The third-order valence-electron chi connectivity index (χ3n) is 3.30. The Labute approximate surface area is 131 Å². The lowest BCUT2D eigenvalue weighted by atomic mass is 10.2. The minimum absolute atomic E-state index is 0.224. The molecule has 1 aromatic heterocycles. The molecule has 0 aliphatic carbocycles. The van der Waals surface area contributed by atoms with Crippen LogP contribution in [-0.2, 0) is 0 Å². The van der Waals surface area contributed by atoms with Gasteiger partial charge in [0.05, 0.1) is 0 Å². The van der Waals surface area contributed by atoms with E-state index in [1.165, 1.54) is 0 Å². The predicted molar refractivity (Wildman–Crippen MR) is 89.3 cm³/mol. The van der Waals surface area contributed by atoms with Crippen LogP contribution in [0.25, 0.3) is 0 Å². The van der Waals surface area contributed by atoms with Crippen molar-refractivity contribution in [1.82, 2.24) is 9.97 Å². The highest BCUT2D eigenvalue weighted by Gasteiger charge is 2.11. The number of hydrogen-bond donors (Lipinski definition) is 2. The molecular formula is C17H22N4O. The number of amides is 1. The van der Waals surface area contributed by atoms with Crippen LogP contribution >= 0.6 is 0 Å². The van der Waals surface area contributed by atoms with E-state index < -0.39 is 0 Å². The second-order valence-corrected chi connectivity index (χ2v) is 5.24. The first-order chi connectivity index (χ1) is 10.6. The number of nitrogens with zero attached hydrogens (tertiary/aromatic N) is 2. The van der Waals surface area contributed by atoms with Crippen LogP contribution in [0.2, 0.25) is 0 Å². The first kappa shape index (κ1) is 15.9. The summed E-state index contributed by atoms with van der Waals surface area (Å²) in [6, 6.07) is 9.36. The SMILES string of the molecule is CCCCNc1cc(C(=O)Nc2ccccc2C)nc(C)n1. The van der Waals surface area contributed by atoms with Crippen molar-refractivity contribution in [3.05, 3.63) is 47.4 Å². The summed E-state index contributed by atoms with van der Waals surface area (Å²) < 4.78 is 0. The molecule has 0 fully saturated rings.